The van der Waals surface area contributed by atoms with E-state index in [0.717, 1.165) is 19.0 Å². The van der Waals surface area contributed by atoms with Crippen molar-refractivity contribution in [3.63, 3.8) is 0 Å². The van der Waals surface area contributed by atoms with E-state index < -0.39 is 0 Å². The summed E-state index contributed by atoms with van der Waals surface area (Å²) in [5.41, 5.74) is 0. The molecule has 23 heavy (non-hydrogen) atoms. The molecule has 2 unspecified atom stereocenters. The van der Waals surface area contributed by atoms with Crippen LogP contribution in [0.1, 0.15) is 58.8 Å². The van der Waals surface area contributed by atoms with E-state index in [4.69, 9.17) is 0 Å². The first-order chi connectivity index (χ1) is 10.6. The topological polar surface area (TPSA) is 35.6 Å². The lowest BCUT2D eigenvalue weighted by atomic mass is 9.97. The first kappa shape index (κ1) is 19.0. The SMILES string of the molecule is CC1CCCC(C)N1C(=O)CN1CCC(NCC2CC2)CC1.Cl. The summed E-state index contributed by atoms with van der Waals surface area (Å²) >= 11 is 0. The second kappa shape index (κ2) is 8.68. The van der Waals surface area contributed by atoms with Crippen molar-refractivity contribution in [2.75, 3.05) is 26.2 Å². The number of carbonyl (C=O) groups excluding carboxylic acids is 1. The van der Waals surface area contributed by atoms with Gasteiger partial charge in [-0.15, -0.1) is 12.4 Å². The molecule has 2 aliphatic heterocycles. The summed E-state index contributed by atoms with van der Waals surface area (Å²) in [5, 5.41) is 3.71. The molecule has 1 amide bonds. The fraction of sp³-hybridized carbons (Fsp3) is 0.944. The Bertz CT molecular complexity index is 370. The minimum absolute atomic E-state index is 0. The van der Waals surface area contributed by atoms with Crippen molar-refractivity contribution in [1.29, 1.82) is 0 Å². The second-order valence-electron chi connectivity index (χ2n) is 7.83. The van der Waals surface area contributed by atoms with E-state index in [1.807, 2.05) is 0 Å². The van der Waals surface area contributed by atoms with Crippen molar-refractivity contribution in [1.82, 2.24) is 15.1 Å². The average Bonchev–Trinajstić information content (AvgIpc) is 3.30. The zero-order valence-electron chi connectivity index (χ0n) is 14.8. The summed E-state index contributed by atoms with van der Waals surface area (Å²) < 4.78 is 0. The van der Waals surface area contributed by atoms with Crippen LogP contribution in [0.15, 0.2) is 0 Å². The van der Waals surface area contributed by atoms with E-state index in [-0.39, 0.29) is 12.4 Å². The molecule has 0 aromatic carbocycles. The Morgan fingerprint density at radius 2 is 1.61 bits per heavy atom. The minimum atomic E-state index is 0. The Kier molecular flexibility index (Phi) is 7.18. The van der Waals surface area contributed by atoms with Gasteiger partial charge in [-0.3, -0.25) is 9.69 Å². The monoisotopic (exact) mass is 343 g/mol. The van der Waals surface area contributed by atoms with Gasteiger partial charge in [0.2, 0.25) is 5.91 Å². The summed E-state index contributed by atoms with van der Waals surface area (Å²) in [5.74, 6) is 1.31. The number of nitrogens with one attached hydrogen (secondary N) is 1. The lowest BCUT2D eigenvalue weighted by molar-refractivity contribution is -0.138. The van der Waals surface area contributed by atoms with Gasteiger partial charge in [-0.25, -0.2) is 0 Å². The average molecular weight is 344 g/mol. The normalized spacial score (nSPS) is 30.1. The van der Waals surface area contributed by atoms with Crippen molar-refractivity contribution < 1.29 is 4.79 Å². The number of halogens is 1. The molecule has 2 heterocycles. The zero-order chi connectivity index (χ0) is 15.5. The lowest BCUT2D eigenvalue weighted by Crippen LogP contribution is -2.52. The van der Waals surface area contributed by atoms with Crippen molar-refractivity contribution >= 4 is 18.3 Å². The predicted molar refractivity (Wildman–Crippen MR) is 97.1 cm³/mol. The number of hydrogen-bond acceptors (Lipinski definition) is 3. The van der Waals surface area contributed by atoms with Gasteiger partial charge in [0.05, 0.1) is 6.54 Å². The number of rotatable bonds is 5. The molecule has 1 saturated carbocycles. The Hall–Kier alpha value is -0.320. The van der Waals surface area contributed by atoms with Gasteiger partial charge in [-0.1, -0.05) is 0 Å². The summed E-state index contributed by atoms with van der Waals surface area (Å²) in [6, 6.07) is 1.53. The molecule has 4 nitrogen and oxygen atoms in total. The number of nitrogens with zero attached hydrogens (tertiary/aromatic N) is 2. The minimum Gasteiger partial charge on any atom is -0.336 e. The number of carbonyl (C=O) groups is 1. The van der Waals surface area contributed by atoms with Crippen LogP contribution in [0.4, 0.5) is 0 Å². The van der Waals surface area contributed by atoms with Gasteiger partial charge in [-0.2, -0.15) is 0 Å². The highest BCUT2D eigenvalue weighted by atomic mass is 35.5. The van der Waals surface area contributed by atoms with Gasteiger partial charge < -0.3 is 10.2 Å². The van der Waals surface area contributed by atoms with E-state index in [1.54, 1.807) is 0 Å². The molecule has 0 spiro atoms. The smallest absolute Gasteiger partial charge is 0.237 e. The molecular weight excluding hydrogens is 310 g/mol. The van der Waals surface area contributed by atoms with Crippen molar-refractivity contribution in [2.24, 2.45) is 5.92 Å². The fourth-order valence-electron chi connectivity index (χ4n) is 4.14. The molecule has 0 radical (unpaired) electrons. The number of piperidine rings is 2. The standard InChI is InChI=1S/C18H33N3O.ClH/c1-14-4-3-5-15(2)21(14)18(22)13-20-10-8-17(9-11-20)19-12-16-6-7-16;/h14-17,19H,3-13H2,1-2H3;1H. The van der Waals surface area contributed by atoms with Crippen LogP contribution in [-0.4, -0.2) is 60.0 Å². The van der Waals surface area contributed by atoms with Gasteiger partial charge in [0, 0.05) is 31.2 Å². The van der Waals surface area contributed by atoms with E-state index in [2.05, 4.69) is 29.0 Å². The third-order valence-corrected chi connectivity index (χ3v) is 5.82. The molecule has 0 bridgehead atoms. The highest BCUT2D eigenvalue weighted by molar-refractivity contribution is 5.85. The van der Waals surface area contributed by atoms with Crippen LogP contribution in [0, 0.1) is 5.92 Å². The third-order valence-electron chi connectivity index (χ3n) is 5.82. The first-order valence-electron chi connectivity index (χ1n) is 9.40. The lowest BCUT2D eigenvalue weighted by Gasteiger charge is -2.41. The molecule has 134 valence electrons. The largest absolute Gasteiger partial charge is 0.336 e. The summed E-state index contributed by atoms with van der Waals surface area (Å²) in [4.78, 5) is 17.2. The maximum Gasteiger partial charge on any atom is 0.237 e. The van der Waals surface area contributed by atoms with Crippen LogP contribution in [-0.2, 0) is 4.79 Å². The quantitative estimate of drug-likeness (QED) is 0.833. The van der Waals surface area contributed by atoms with E-state index in [9.17, 15) is 4.79 Å². The first-order valence-corrected chi connectivity index (χ1v) is 9.40. The molecule has 1 aliphatic carbocycles. The molecule has 5 heteroatoms. The molecule has 2 saturated heterocycles. The summed E-state index contributed by atoms with van der Waals surface area (Å²) in [6.45, 7) is 8.41. The van der Waals surface area contributed by atoms with Crippen LogP contribution in [0.25, 0.3) is 0 Å². The molecule has 3 aliphatic rings. The van der Waals surface area contributed by atoms with Crippen LogP contribution in [0.5, 0.6) is 0 Å². The van der Waals surface area contributed by atoms with Gasteiger partial charge >= 0.3 is 0 Å². The molecule has 0 aromatic heterocycles. The van der Waals surface area contributed by atoms with Crippen molar-refractivity contribution in [3.05, 3.63) is 0 Å². The molecule has 3 rings (SSSR count). The van der Waals surface area contributed by atoms with E-state index in [1.165, 1.54) is 51.5 Å². The van der Waals surface area contributed by atoms with Crippen LogP contribution in [0.2, 0.25) is 0 Å². The Morgan fingerprint density at radius 3 is 2.17 bits per heavy atom. The zero-order valence-corrected chi connectivity index (χ0v) is 15.6. The van der Waals surface area contributed by atoms with Crippen LogP contribution < -0.4 is 5.32 Å². The Balaban J connectivity index is 0.00000192. The third kappa shape index (κ3) is 5.33. The summed E-state index contributed by atoms with van der Waals surface area (Å²) in [7, 11) is 0. The molecule has 2 atom stereocenters. The summed E-state index contributed by atoms with van der Waals surface area (Å²) in [6.07, 6.45) is 8.85. The second-order valence-corrected chi connectivity index (χ2v) is 7.83. The number of likely N-dealkylation sites (tertiary alicyclic amines) is 2. The van der Waals surface area contributed by atoms with Crippen molar-refractivity contribution in [3.8, 4) is 0 Å². The molecule has 0 aromatic rings. The highest BCUT2D eigenvalue weighted by Gasteiger charge is 2.31. The van der Waals surface area contributed by atoms with Crippen LogP contribution >= 0.6 is 12.4 Å². The highest BCUT2D eigenvalue weighted by Crippen LogP contribution is 2.28. The van der Waals surface area contributed by atoms with Gasteiger partial charge in [0.15, 0.2) is 0 Å². The van der Waals surface area contributed by atoms with E-state index in [0.29, 0.717) is 30.6 Å². The Morgan fingerprint density at radius 1 is 1.00 bits per heavy atom. The van der Waals surface area contributed by atoms with E-state index >= 15 is 0 Å². The Labute approximate surface area is 147 Å². The molecule has 3 fully saturated rings. The van der Waals surface area contributed by atoms with Gasteiger partial charge in [0.1, 0.15) is 0 Å². The van der Waals surface area contributed by atoms with Gasteiger partial charge in [0.25, 0.3) is 0 Å². The molecular formula is C18H34ClN3O. The maximum atomic E-state index is 12.7. The molecule has 1 N–H and O–H groups in total. The maximum absolute atomic E-state index is 12.7. The van der Waals surface area contributed by atoms with Crippen molar-refractivity contribution in [2.45, 2.75) is 76.9 Å². The predicted octanol–water partition coefficient (Wildman–Crippen LogP) is 2.66. The number of amides is 1. The van der Waals surface area contributed by atoms with Gasteiger partial charge in [-0.05, 0) is 71.3 Å². The van der Waals surface area contributed by atoms with Crippen LogP contribution in [0.3, 0.4) is 0 Å². The fourth-order valence-corrected chi connectivity index (χ4v) is 4.14. The number of hydrogen-bond donors (Lipinski definition) is 1.